The van der Waals surface area contributed by atoms with Gasteiger partial charge in [0.1, 0.15) is 0 Å². The van der Waals surface area contributed by atoms with Crippen LogP contribution in [0.5, 0.6) is 0 Å². The summed E-state index contributed by atoms with van der Waals surface area (Å²) < 4.78 is 0. The van der Waals surface area contributed by atoms with E-state index < -0.39 is 0 Å². The van der Waals surface area contributed by atoms with Gasteiger partial charge in [0.2, 0.25) is 11.8 Å². The zero-order chi connectivity index (χ0) is 11.5. The Labute approximate surface area is 110 Å². The van der Waals surface area contributed by atoms with Crippen LogP contribution in [0.15, 0.2) is 0 Å². The van der Waals surface area contributed by atoms with Crippen molar-refractivity contribution < 1.29 is 20.7 Å². The minimum absolute atomic E-state index is 0.204. The van der Waals surface area contributed by atoms with E-state index in [0.717, 1.165) is 49.9 Å². The number of amides is 2. The van der Waals surface area contributed by atoms with Gasteiger partial charge in [0.15, 0.2) is 0 Å². The summed E-state index contributed by atoms with van der Waals surface area (Å²) in [5, 5.41) is 5.36. The average molecular weight is 389 g/mol. The second-order valence-corrected chi connectivity index (χ2v) is 8.21. The molecule has 0 aromatic heterocycles. The van der Waals surface area contributed by atoms with E-state index in [2.05, 4.69) is 39.0 Å². The Bertz CT molecular complexity index is 169. The summed E-state index contributed by atoms with van der Waals surface area (Å²) in [5.74, 6) is 0.407. The first kappa shape index (κ1) is 15.4. The zero-order valence-corrected chi connectivity index (χ0v) is 12.4. The fourth-order valence-corrected chi connectivity index (χ4v) is 1.13. The van der Waals surface area contributed by atoms with Crippen molar-refractivity contribution in [3.05, 3.63) is 0 Å². The molecule has 0 radical (unpaired) electrons. The molecule has 0 atom stereocenters. The molecular formula is C8H14Br2CoN2O2. The quantitative estimate of drug-likeness (QED) is 0.660. The van der Waals surface area contributed by atoms with Gasteiger partial charge in [0.05, 0.1) is 0 Å². The van der Waals surface area contributed by atoms with Crippen molar-refractivity contribution >= 4 is 40.2 Å². The minimum atomic E-state index is 0.204. The van der Waals surface area contributed by atoms with Crippen molar-refractivity contribution in [3.8, 4) is 0 Å². The zero-order valence-electron chi connectivity index (χ0n) is 8.15. The Morgan fingerprint density at radius 2 is 1.27 bits per heavy atom. The summed E-state index contributed by atoms with van der Waals surface area (Å²) in [4.78, 5) is 20.3. The maximum absolute atomic E-state index is 10.1. The van der Waals surface area contributed by atoms with Crippen LogP contribution in [-0.4, -0.2) is 24.9 Å². The molecule has 91 valence electrons. The van der Waals surface area contributed by atoms with E-state index in [1.165, 1.54) is 0 Å². The van der Waals surface area contributed by atoms with Crippen LogP contribution >= 0.6 is 28.3 Å². The van der Waals surface area contributed by atoms with E-state index in [0.29, 0.717) is 0 Å². The van der Waals surface area contributed by atoms with E-state index in [1.54, 1.807) is 0 Å². The summed E-state index contributed by atoms with van der Waals surface area (Å²) >= 11 is 7.12. The first-order valence-corrected chi connectivity index (χ1v) is 9.72. The molecule has 7 heteroatoms. The van der Waals surface area contributed by atoms with E-state index in [1.807, 2.05) is 0 Å². The van der Waals surface area contributed by atoms with Crippen molar-refractivity contribution in [1.82, 2.24) is 10.6 Å². The van der Waals surface area contributed by atoms with Gasteiger partial charge >= 0.3 is 39.5 Å². The number of halogens is 2. The third-order valence-electron chi connectivity index (χ3n) is 1.81. The van der Waals surface area contributed by atoms with E-state index in [9.17, 15) is 9.59 Å². The van der Waals surface area contributed by atoms with Crippen molar-refractivity contribution in [1.29, 1.82) is 0 Å². The Hall–Kier alpha value is 0.406. The third-order valence-corrected chi connectivity index (χ3v) is 1.81. The van der Waals surface area contributed by atoms with Crippen LogP contribution in [0.4, 0.5) is 0 Å². The predicted molar refractivity (Wildman–Crippen MR) is 62.3 cm³/mol. The van der Waals surface area contributed by atoms with Crippen molar-refractivity contribution in [2.75, 3.05) is 13.1 Å². The molecule has 2 amide bonds. The molecule has 0 unspecified atom stereocenters. The van der Waals surface area contributed by atoms with Gasteiger partial charge < -0.3 is 10.6 Å². The summed E-state index contributed by atoms with van der Waals surface area (Å²) in [6, 6.07) is 0. The van der Waals surface area contributed by atoms with Crippen LogP contribution in [0.25, 0.3) is 0 Å². The van der Waals surface area contributed by atoms with Gasteiger partial charge in [-0.1, -0.05) is 0 Å². The summed E-state index contributed by atoms with van der Waals surface area (Å²) in [6.07, 6.45) is 3.53. The number of rotatable bonds is 0. The van der Waals surface area contributed by atoms with Crippen molar-refractivity contribution in [2.45, 2.75) is 25.7 Å². The van der Waals surface area contributed by atoms with Crippen LogP contribution in [0.1, 0.15) is 25.7 Å². The molecule has 0 aromatic carbocycles. The molecule has 2 aliphatic rings. The first-order chi connectivity index (χ1) is 7.20. The van der Waals surface area contributed by atoms with Crippen LogP contribution in [-0.2, 0) is 20.7 Å². The molecule has 0 aromatic rings. The van der Waals surface area contributed by atoms with Gasteiger partial charge in [-0.15, -0.1) is 0 Å². The topological polar surface area (TPSA) is 58.2 Å². The fourth-order valence-electron chi connectivity index (χ4n) is 1.13. The van der Waals surface area contributed by atoms with E-state index >= 15 is 0 Å². The van der Waals surface area contributed by atoms with Crippen LogP contribution < -0.4 is 10.6 Å². The Balaban J connectivity index is 0.000000210. The van der Waals surface area contributed by atoms with Crippen LogP contribution in [0.2, 0.25) is 0 Å². The third kappa shape index (κ3) is 10.7. The molecule has 0 saturated carbocycles. The van der Waals surface area contributed by atoms with Gasteiger partial charge in [-0.25, -0.2) is 0 Å². The maximum atomic E-state index is 10.1. The van der Waals surface area contributed by atoms with Gasteiger partial charge in [-0.05, 0) is 12.8 Å². The molecule has 0 bridgehead atoms. The van der Waals surface area contributed by atoms with Gasteiger partial charge in [-0.2, -0.15) is 0 Å². The van der Waals surface area contributed by atoms with Crippen LogP contribution in [0.3, 0.4) is 0 Å². The Morgan fingerprint density at radius 1 is 0.933 bits per heavy atom. The average Bonchev–Trinajstić information content (AvgIpc) is 2.81. The fraction of sp³-hybridized carbons (Fsp3) is 0.750. The Morgan fingerprint density at radius 3 is 1.33 bits per heavy atom. The standard InChI is InChI=1S/2C4H7NO.2BrH.Co/c2*6-4-2-1-3-5-4;;;/h2*1-3H2,(H,5,6);2*1H;/q;;;;+2/p-2. The SMILES string of the molecule is O=C1CCCN1.O=C1CCCN1.[Br][Co][Br]. The molecule has 2 rings (SSSR count). The predicted octanol–water partition coefficient (Wildman–Crippen LogP) is 1.48. The number of carbonyl (C=O) groups excluding carboxylic acids is 2. The molecule has 2 saturated heterocycles. The van der Waals surface area contributed by atoms with Crippen LogP contribution in [0, 0.1) is 0 Å². The number of nitrogens with one attached hydrogen (secondary N) is 2. The molecule has 2 aliphatic heterocycles. The molecule has 15 heavy (non-hydrogen) atoms. The summed E-state index contributed by atoms with van der Waals surface area (Å²) in [7, 11) is 0. The van der Waals surface area contributed by atoms with Gasteiger partial charge in [-0.3, -0.25) is 9.59 Å². The second-order valence-electron chi connectivity index (χ2n) is 2.95. The van der Waals surface area contributed by atoms with E-state index in [-0.39, 0.29) is 11.8 Å². The van der Waals surface area contributed by atoms with Crippen molar-refractivity contribution in [3.63, 3.8) is 0 Å². The molecular weight excluding hydrogens is 375 g/mol. The number of hydrogen-bond donors (Lipinski definition) is 2. The summed E-state index contributed by atoms with van der Waals surface area (Å²) in [5.41, 5.74) is 0. The Kier molecular flexibility index (Phi) is 11.2. The van der Waals surface area contributed by atoms with Gasteiger partial charge in [0.25, 0.3) is 0 Å². The monoisotopic (exact) mass is 387 g/mol. The second kappa shape index (κ2) is 10.9. The molecule has 2 N–H and O–H groups in total. The number of carbonyl (C=O) groups is 2. The van der Waals surface area contributed by atoms with Gasteiger partial charge in [0, 0.05) is 25.9 Å². The molecule has 4 nitrogen and oxygen atoms in total. The number of hydrogen-bond acceptors (Lipinski definition) is 2. The summed E-state index contributed by atoms with van der Waals surface area (Å²) in [6.45, 7) is 1.78. The molecule has 0 aliphatic carbocycles. The van der Waals surface area contributed by atoms with E-state index in [4.69, 9.17) is 0 Å². The molecule has 2 fully saturated rings. The molecule has 2 heterocycles. The normalized spacial score (nSPS) is 18.3. The van der Waals surface area contributed by atoms with Crippen molar-refractivity contribution in [2.24, 2.45) is 0 Å². The molecule has 0 spiro atoms. The first-order valence-electron chi connectivity index (χ1n) is 4.57.